The van der Waals surface area contributed by atoms with Crippen molar-refractivity contribution in [2.45, 2.75) is 25.3 Å². The normalized spacial score (nSPS) is 15.9. The molecular formula is C19H30IN5O2. The number of rotatable bonds is 5. The molecule has 7 nitrogen and oxygen atoms in total. The molecule has 0 saturated heterocycles. The first kappa shape index (κ1) is 23.2. The number of hydrogen-bond acceptors (Lipinski definition) is 3. The molecule has 0 fully saturated rings. The molecule has 150 valence electrons. The fourth-order valence-corrected chi connectivity index (χ4v) is 2.77. The molecule has 0 aliphatic heterocycles. The molecule has 2 N–H and O–H groups in total. The lowest BCUT2D eigenvalue weighted by Gasteiger charge is -2.27. The number of carbonyl (C=O) groups is 2. The Kier molecular flexibility index (Phi) is 9.54. The summed E-state index contributed by atoms with van der Waals surface area (Å²) in [5, 5.41) is 6.43. The highest BCUT2D eigenvalue weighted by molar-refractivity contribution is 14.0. The van der Waals surface area contributed by atoms with Crippen LogP contribution in [-0.4, -0.2) is 74.9 Å². The quantitative estimate of drug-likeness (QED) is 0.367. The van der Waals surface area contributed by atoms with Crippen LogP contribution in [0.5, 0.6) is 0 Å². The van der Waals surface area contributed by atoms with Crippen molar-refractivity contribution in [1.82, 2.24) is 20.4 Å². The fraction of sp³-hybridized carbons (Fsp3) is 0.526. The summed E-state index contributed by atoms with van der Waals surface area (Å²) in [7, 11) is 6.82. The van der Waals surface area contributed by atoms with Gasteiger partial charge in [0.15, 0.2) is 5.96 Å². The van der Waals surface area contributed by atoms with Crippen molar-refractivity contribution in [2.24, 2.45) is 4.99 Å². The number of aryl methyl sites for hydroxylation is 1. The topological polar surface area (TPSA) is 77.0 Å². The van der Waals surface area contributed by atoms with Gasteiger partial charge in [0.05, 0.1) is 6.54 Å². The molecular weight excluding hydrogens is 457 g/mol. The molecule has 0 saturated carbocycles. The van der Waals surface area contributed by atoms with E-state index in [2.05, 4.69) is 39.9 Å². The van der Waals surface area contributed by atoms with Crippen molar-refractivity contribution < 1.29 is 9.59 Å². The van der Waals surface area contributed by atoms with Crippen LogP contribution < -0.4 is 10.6 Å². The number of aliphatic imine (C=N–C) groups is 1. The van der Waals surface area contributed by atoms with Gasteiger partial charge in [-0.25, -0.2) is 4.99 Å². The number of nitrogens with zero attached hydrogens (tertiary/aromatic N) is 3. The summed E-state index contributed by atoms with van der Waals surface area (Å²) in [5.74, 6) is 0.367. The van der Waals surface area contributed by atoms with Gasteiger partial charge in [0, 0.05) is 34.2 Å². The van der Waals surface area contributed by atoms with E-state index in [1.807, 2.05) is 0 Å². The Morgan fingerprint density at radius 2 is 1.70 bits per heavy atom. The Hall–Kier alpha value is -1.84. The van der Waals surface area contributed by atoms with E-state index in [0.29, 0.717) is 5.96 Å². The van der Waals surface area contributed by atoms with E-state index in [-0.39, 0.29) is 54.9 Å². The van der Waals surface area contributed by atoms with Crippen molar-refractivity contribution in [3.05, 3.63) is 35.4 Å². The van der Waals surface area contributed by atoms with E-state index in [4.69, 9.17) is 0 Å². The summed E-state index contributed by atoms with van der Waals surface area (Å²) in [4.78, 5) is 31.1. The molecule has 1 aliphatic rings. The Labute approximate surface area is 178 Å². The summed E-state index contributed by atoms with van der Waals surface area (Å²) in [5.41, 5.74) is 2.73. The van der Waals surface area contributed by atoms with Gasteiger partial charge in [-0.1, -0.05) is 24.3 Å². The highest BCUT2D eigenvalue weighted by Crippen LogP contribution is 2.20. The summed E-state index contributed by atoms with van der Waals surface area (Å²) >= 11 is 0. The number of nitrogens with one attached hydrogen (secondary N) is 2. The number of likely N-dealkylation sites (N-methyl/N-ethyl adjacent to an activating group) is 2. The van der Waals surface area contributed by atoms with E-state index in [0.717, 1.165) is 19.3 Å². The van der Waals surface area contributed by atoms with Crippen LogP contribution in [0.1, 0.15) is 17.5 Å². The lowest BCUT2D eigenvalue weighted by Crippen LogP contribution is -2.48. The third-order valence-corrected chi connectivity index (χ3v) is 4.46. The van der Waals surface area contributed by atoms with E-state index in [1.54, 1.807) is 28.2 Å². The van der Waals surface area contributed by atoms with Crippen LogP contribution in [-0.2, 0) is 22.4 Å². The molecule has 2 rings (SSSR count). The van der Waals surface area contributed by atoms with Crippen LogP contribution in [0.25, 0.3) is 0 Å². The largest absolute Gasteiger partial charge is 0.353 e. The monoisotopic (exact) mass is 487 g/mol. The summed E-state index contributed by atoms with van der Waals surface area (Å²) in [6, 6.07) is 8.67. The maximum atomic E-state index is 11.9. The minimum absolute atomic E-state index is 0. The molecule has 8 heteroatoms. The fourth-order valence-electron chi connectivity index (χ4n) is 2.77. The number of benzene rings is 1. The van der Waals surface area contributed by atoms with Gasteiger partial charge in [0.2, 0.25) is 11.8 Å². The zero-order valence-electron chi connectivity index (χ0n) is 16.5. The molecule has 0 bridgehead atoms. The minimum Gasteiger partial charge on any atom is -0.353 e. The molecule has 1 aromatic carbocycles. The molecule has 2 amide bonds. The van der Waals surface area contributed by atoms with Crippen LogP contribution >= 0.6 is 24.0 Å². The standard InChI is InChI=1S/C19H29N5O2.HI/c1-23(2)17(25)12-20-19(21-13-18(26)24(3)4)22-16-10-9-14-7-5-6-8-15(14)11-16;/h5-8,16H,9-13H2,1-4H3,(H2,20,21,22);1H. The molecule has 0 heterocycles. The molecule has 0 radical (unpaired) electrons. The zero-order chi connectivity index (χ0) is 19.1. The van der Waals surface area contributed by atoms with Gasteiger partial charge >= 0.3 is 0 Å². The number of fused-ring (bicyclic) bond motifs is 1. The first-order valence-electron chi connectivity index (χ1n) is 8.88. The van der Waals surface area contributed by atoms with Crippen LogP contribution in [0, 0.1) is 0 Å². The molecule has 27 heavy (non-hydrogen) atoms. The smallest absolute Gasteiger partial charge is 0.243 e. The van der Waals surface area contributed by atoms with Gasteiger partial charge in [0.1, 0.15) is 6.54 Å². The molecule has 0 spiro atoms. The highest BCUT2D eigenvalue weighted by atomic mass is 127. The van der Waals surface area contributed by atoms with E-state index >= 15 is 0 Å². The average Bonchev–Trinajstić information content (AvgIpc) is 2.62. The SMILES string of the molecule is CN(C)C(=O)CN=C(NCC(=O)N(C)C)NC1CCc2ccccc2C1.I. The van der Waals surface area contributed by atoms with Gasteiger partial charge in [-0.2, -0.15) is 0 Å². The van der Waals surface area contributed by atoms with Crippen LogP contribution in [0.2, 0.25) is 0 Å². The van der Waals surface area contributed by atoms with Crippen molar-refractivity contribution in [2.75, 3.05) is 41.3 Å². The highest BCUT2D eigenvalue weighted by Gasteiger charge is 2.19. The Morgan fingerprint density at radius 3 is 2.33 bits per heavy atom. The Balaban J connectivity index is 0.00000364. The van der Waals surface area contributed by atoms with Gasteiger partial charge in [-0.3, -0.25) is 9.59 Å². The minimum atomic E-state index is -0.0842. The van der Waals surface area contributed by atoms with Crippen molar-refractivity contribution in [3.8, 4) is 0 Å². The molecule has 1 aliphatic carbocycles. The van der Waals surface area contributed by atoms with Gasteiger partial charge in [0.25, 0.3) is 0 Å². The number of halogens is 1. The second kappa shape index (κ2) is 11.1. The molecule has 1 atom stereocenters. The number of hydrogen-bond donors (Lipinski definition) is 2. The average molecular weight is 487 g/mol. The van der Waals surface area contributed by atoms with E-state index in [1.165, 1.54) is 20.9 Å². The lowest BCUT2D eigenvalue weighted by atomic mass is 9.88. The predicted molar refractivity (Wildman–Crippen MR) is 118 cm³/mol. The molecule has 0 aromatic heterocycles. The van der Waals surface area contributed by atoms with Gasteiger partial charge in [-0.05, 0) is 30.4 Å². The van der Waals surface area contributed by atoms with E-state index in [9.17, 15) is 9.59 Å². The Morgan fingerprint density at radius 1 is 1.07 bits per heavy atom. The number of guanidine groups is 1. The molecule has 1 aromatic rings. The third-order valence-electron chi connectivity index (χ3n) is 4.46. The number of carbonyl (C=O) groups excluding carboxylic acids is 2. The first-order chi connectivity index (χ1) is 12.4. The summed E-state index contributed by atoms with van der Waals surface area (Å²) in [6.45, 7) is 0.181. The summed E-state index contributed by atoms with van der Waals surface area (Å²) < 4.78 is 0. The van der Waals surface area contributed by atoms with Crippen molar-refractivity contribution in [1.29, 1.82) is 0 Å². The first-order valence-corrected chi connectivity index (χ1v) is 8.88. The third kappa shape index (κ3) is 7.36. The maximum Gasteiger partial charge on any atom is 0.243 e. The second-order valence-electron chi connectivity index (χ2n) is 6.95. The lowest BCUT2D eigenvalue weighted by molar-refractivity contribution is -0.127. The molecule has 1 unspecified atom stereocenters. The van der Waals surface area contributed by atoms with E-state index < -0.39 is 0 Å². The Bertz CT molecular complexity index is 676. The van der Waals surface area contributed by atoms with Crippen LogP contribution in [0.15, 0.2) is 29.3 Å². The zero-order valence-corrected chi connectivity index (χ0v) is 18.8. The predicted octanol–water partition coefficient (Wildman–Crippen LogP) is 0.874. The van der Waals surface area contributed by atoms with Gasteiger partial charge < -0.3 is 20.4 Å². The van der Waals surface area contributed by atoms with Crippen molar-refractivity contribution >= 4 is 41.8 Å². The van der Waals surface area contributed by atoms with Crippen LogP contribution in [0.3, 0.4) is 0 Å². The second-order valence-corrected chi connectivity index (χ2v) is 6.95. The van der Waals surface area contributed by atoms with Crippen molar-refractivity contribution in [3.63, 3.8) is 0 Å². The van der Waals surface area contributed by atoms with Gasteiger partial charge in [-0.15, -0.1) is 24.0 Å². The van der Waals surface area contributed by atoms with Crippen LogP contribution in [0.4, 0.5) is 0 Å². The summed E-state index contributed by atoms with van der Waals surface area (Å²) in [6.07, 6.45) is 2.90. The number of amides is 2. The maximum absolute atomic E-state index is 11.9.